The molecule has 0 N–H and O–H groups in total. The van der Waals surface area contributed by atoms with Crippen molar-refractivity contribution < 1.29 is 19.1 Å². The van der Waals surface area contributed by atoms with Crippen LogP contribution in [0.15, 0.2) is 24.3 Å². The van der Waals surface area contributed by atoms with E-state index in [2.05, 4.69) is 0 Å². The fourth-order valence-corrected chi connectivity index (χ4v) is 2.42. The summed E-state index contributed by atoms with van der Waals surface area (Å²) in [5.74, 6) is 0.259. The molecule has 1 aliphatic heterocycles. The predicted molar refractivity (Wildman–Crippen MR) is 74.8 cm³/mol. The second-order valence-corrected chi connectivity index (χ2v) is 4.63. The van der Waals surface area contributed by atoms with Crippen molar-refractivity contribution >= 4 is 17.6 Å². The molecule has 1 amide bonds. The van der Waals surface area contributed by atoms with E-state index in [4.69, 9.17) is 9.47 Å². The van der Waals surface area contributed by atoms with Crippen molar-refractivity contribution in [3.8, 4) is 5.75 Å². The Morgan fingerprint density at radius 3 is 2.95 bits per heavy atom. The lowest BCUT2D eigenvalue weighted by atomic mass is 10.0. The first-order chi connectivity index (χ1) is 9.67. The number of methoxy groups -OCH3 is 1. The van der Waals surface area contributed by atoms with Crippen LogP contribution in [0.2, 0.25) is 0 Å². The van der Waals surface area contributed by atoms with Gasteiger partial charge in [0.2, 0.25) is 5.91 Å². The molecule has 108 valence electrons. The first-order valence-corrected chi connectivity index (χ1v) is 6.80. The van der Waals surface area contributed by atoms with Crippen molar-refractivity contribution in [1.82, 2.24) is 0 Å². The molecule has 5 heteroatoms. The van der Waals surface area contributed by atoms with Gasteiger partial charge in [-0.25, -0.2) is 4.79 Å². The summed E-state index contributed by atoms with van der Waals surface area (Å²) in [7, 11) is 1.57. The van der Waals surface area contributed by atoms with Gasteiger partial charge in [-0.15, -0.1) is 0 Å². The van der Waals surface area contributed by atoms with Gasteiger partial charge in [-0.05, 0) is 31.9 Å². The summed E-state index contributed by atoms with van der Waals surface area (Å²) in [6.45, 7) is 2.08. The molecule has 0 saturated carbocycles. The predicted octanol–water partition coefficient (Wildman–Crippen LogP) is 2.14. The summed E-state index contributed by atoms with van der Waals surface area (Å²) in [5, 5.41) is 0. The number of esters is 1. The largest absolute Gasteiger partial charge is 0.497 e. The molecule has 5 nitrogen and oxygen atoms in total. The number of ether oxygens (including phenoxy) is 2. The zero-order valence-electron chi connectivity index (χ0n) is 11.8. The summed E-state index contributed by atoms with van der Waals surface area (Å²) < 4.78 is 10.2. The number of anilines is 1. The molecule has 1 aromatic carbocycles. The summed E-state index contributed by atoms with van der Waals surface area (Å²) in [6.07, 6.45) is 1.79. The second kappa shape index (κ2) is 6.41. The van der Waals surface area contributed by atoms with Crippen LogP contribution in [0, 0.1) is 0 Å². The normalized spacial score (nSPS) is 18.8. The van der Waals surface area contributed by atoms with E-state index < -0.39 is 6.04 Å². The van der Waals surface area contributed by atoms with E-state index in [1.807, 2.05) is 0 Å². The van der Waals surface area contributed by atoms with Gasteiger partial charge in [0.05, 0.1) is 13.7 Å². The van der Waals surface area contributed by atoms with Crippen molar-refractivity contribution in [2.45, 2.75) is 32.2 Å². The first-order valence-electron chi connectivity index (χ1n) is 6.80. The van der Waals surface area contributed by atoms with Gasteiger partial charge in [0.1, 0.15) is 11.8 Å². The maximum Gasteiger partial charge on any atom is 0.329 e. The number of carbonyl (C=O) groups excluding carboxylic acids is 2. The van der Waals surface area contributed by atoms with E-state index in [9.17, 15) is 9.59 Å². The van der Waals surface area contributed by atoms with Crippen LogP contribution in [-0.2, 0) is 14.3 Å². The number of amides is 1. The molecule has 2 rings (SSSR count). The zero-order valence-corrected chi connectivity index (χ0v) is 11.8. The molecule has 1 heterocycles. The van der Waals surface area contributed by atoms with Crippen LogP contribution in [0.1, 0.15) is 26.2 Å². The lowest BCUT2D eigenvalue weighted by Crippen LogP contribution is -2.49. The van der Waals surface area contributed by atoms with Crippen LogP contribution in [0.25, 0.3) is 0 Å². The Balaban J connectivity index is 2.31. The Labute approximate surface area is 118 Å². The van der Waals surface area contributed by atoms with Gasteiger partial charge in [-0.1, -0.05) is 6.07 Å². The van der Waals surface area contributed by atoms with E-state index in [1.54, 1.807) is 38.3 Å². The van der Waals surface area contributed by atoms with E-state index in [0.29, 0.717) is 37.3 Å². The van der Waals surface area contributed by atoms with Crippen molar-refractivity contribution in [3.63, 3.8) is 0 Å². The number of benzene rings is 1. The highest BCUT2D eigenvalue weighted by atomic mass is 16.5. The number of nitrogens with zero attached hydrogens (tertiary/aromatic N) is 1. The molecule has 1 saturated heterocycles. The van der Waals surface area contributed by atoms with Gasteiger partial charge < -0.3 is 9.47 Å². The van der Waals surface area contributed by atoms with Gasteiger partial charge in [-0.3, -0.25) is 9.69 Å². The lowest BCUT2D eigenvalue weighted by Gasteiger charge is -2.34. The monoisotopic (exact) mass is 277 g/mol. The van der Waals surface area contributed by atoms with Crippen LogP contribution < -0.4 is 9.64 Å². The molecule has 0 bridgehead atoms. The van der Waals surface area contributed by atoms with Crippen molar-refractivity contribution in [3.05, 3.63) is 24.3 Å². The highest BCUT2D eigenvalue weighted by molar-refractivity contribution is 6.00. The van der Waals surface area contributed by atoms with Crippen molar-refractivity contribution in [2.75, 3.05) is 18.6 Å². The summed E-state index contributed by atoms with van der Waals surface area (Å²) in [6, 6.07) is 6.63. The van der Waals surface area contributed by atoms with Crippen LogP contribution in [0.3, 0.4) is 0 Å². The van der Waals surface area contributed by atoms with Crippen LogP contribution >= 0.6 is 0 Å². The molecule has 1 aromatic rings. The highest BCUT2D eigenvalue weighted by Crippen LogP contribution is 2.29. The lowest BCUT2D eigenvalue weighted by molar-refractivity contribution is -0.146. The number of carbonyl (C=O) groups is 2. The van der Waals surface area contributed by atoms with E-state index in [-0.39, 0.29) is 11.9 Å². The van der Waals surface area contributed by atoms with E-state index in [1.165, 1.54) is 4.90 Å². The SMILES string of the molecule is CCOC(=O)C1CCCC(=O)N1c1cccc(OC)c1. The van der Waals surface area contributed by atoms with Crippen molar-refractivity contribution in [2.24, 2.45) is 0 Å². The highest BCUT2D eigenvalue weighted by Gasteiger charge is 2.35. The van der Waals surface area contributed by atoms with Crippen molar-refractivity contribution in [1.29, 1.82) is 0 Å². The fourth-order valence-electron chi connectivity index (χ4n) is 2.42. The molecule has 1 atom stereocenters. The Kier molecular flexibility index (Phi) is 4.61. The molecule has 0 radical (unpaired) electrons. The molecule has 0 aliphatic carbocycles. The minimum absolute atomic E-state index is 0.0532. The molecule has 0 aromatic heterocycles. The van der Waals surface area contributed by atoms with Crippen LogP contribution in [0.4, 0.5) is 5.69 Å². The van der Waals surface area contributed by atoms with E-state index >= 15 is 0 Å². The maximum absolute atomic E-state index is 12.2. The summed E-state index contributed by atoms with van der Waals surface area (Å²) in [5.41, 5.74) is 0.673. The number of piperidine rings is 1. The minimum atomic E-state index is -0.539. The van der Waals surface area contributed by atoms with E-state index in [0.717, 1.165) is 0 Å². The molecular weight excluding hydrogens is 258 g/mol. The summed E-state index contributed by atoms with van der Waals surface area (Å²) >= 11 is 0. The minimum Gasteiger partial charge on any atom is -0.497 e. The van der Waals surface area contributed by atoms with Crippen LogP contribution in [0.5, 0.6) is 5.75 Å². The summed E-state index contributed by atoms with van der Waals surface area (Å²) in [4.78, 5) is 25.8. The average molecular weight is 277 g/mol. The number of hydrogen-bond donors (Lipinski definition) is 0. The van der Waals surface area contributed by atoms with Gasteiger partial charge in [0, 0.05) is 18.2 Å². The standard InChI is InChI=1S/C15H19NO4/c1-3-20-15(18)13-8-5-9-14(17)16(13)11-6-4-7-12(10-11)19-2/h4,6-7,10,13H,3,5,8-9H2,1-2H3. The number of hydrogen-bond acceptors (Lipinski definition) is 4. The topological polar surface area (TPSA) is 55.8 Å². The third-order valence-corrected chi connectivity index (χ3v) is 3.34. The van der Waals surface area contributed by atoms with Crippen LogP contribution in [-0.4, -0.2) is 31.6 Å². The average Bonchev–Trinajstić information content (AvgIpc) is 2.47. The van der Waals surface area contributed by atoms with Gasteiger partial charge in [-0.2, -0.15) is 0 Å². The maximum atomic E-state index is 12.2. The Hall–Kier alpha value is -2.04. The second-order valence-electron chi connectivity index (χ2n) is 4.63. The third kappa shape index (κ3) is 2.92. The third-order valence-electron chi connectivity index (χ3n) is 3.34. The molecular formula is C15H19NO4. The quantitative estimate of drug-likeness (QED) is 0.791. The van der Waals surface area contributed by atoms with Gasteiger partial charge in [0.25, 0.3) is 0 Å². The molecule has 20 heavy (non-hydrogen) atoms. The number of rotatable bonds is 4. The first kappa shape index (κ1) is 14.4. The Morgan fingerprint density at radius 1 is 1.45 bits per heavy atom. The Bertz CT molecular complexity index is 500. The van der Waals surface area contributed by atoms with Gasteiger partial charge in [0.15, 0.2) is 0 Å². The Morgan fingerprint density at radius 2 is 2.25 bits per heavy atom. The molecule has 1 fully saturated rings. The molecule has 1 aliphatic rings. The zero-order chi connectivity index (χ0) is 14.5. The smallest absolute Gasteiger partial charge is 0.329 e. The van der Waals surface area contributed by atoms with Gasteiger partial charge >= 0.3 is 5.97 Å². The molecule has 0 spiro atoms. The fraction of sp³-hybridized carbons (Fsp3) is 0.467. The molecule has 1 unspecified atom stereocenters.